The summed E-state index contributed by atoms with van der Waals surface area (Å²) in [5.74, 6) is -2.17. The van der Waals surface area contributed by atoms with Gasteiger partial charge in [-0.25, -0.2) is 22.2 Å². The van der Waals surface area contributed by atoms with Crippen molar-refractivity contribution < 1.29 is 22.0 Å². The maximum absolute atomic E-state index is 14.4. The number of anilines is 1. The molecule has 0 bridgehead atoms. The summed E-state index contributed by atoms with van der Waals surface area (Å²) in [7, 11) is -2.25. The highest BCUT2D eigenvalue weighted by Gasteiger charge is 2.30. The second-order valence-corrected chi connectivity index (χ2v) is 10.2. The first-order chi connectivity index (χ1) is 15.3. The number of sulfonamides is 1. The molecule has 1 saturated heterocycles. The van der Waals surface area contributed by atoms with E-state index in [0.29, 0.717) is 36.0 Å². The SMILES string of the molecule is Cn1ccnc1Sc1ccc(F)cc1NC(=O)c1ccc(F)c(S(=O)(=O)N2CCCC2)c1. The van der Waals surface area contributed by atoms with Gasteiger partial charge in [0.25, 0.3) is 5.91 Å². The van der Waals surface area contributed by atoms with Crippen LogP contribution in [-0.2, 0) is 17.1 Å². The van der Waals surface area contributed by atoms with Crippen LogP contribution in [0.15, 0.2) is 63.7 Å². The fourth-order valence-electron chi connectivity index (χ4n) is 3.34. The topological polar surface area (TPSA) is 84.3 Å². The molecular formula is C21H20F2N4O3S2. The van der Waals surface area contributed by atoms with Crippen molar-refractivity contribution in [1.82, 2.24) is 13.9 Å². The molecule has 1 N–H and O–H groups in total. The minimum Gasteiger partial charge on any atom is -0.329 e. The summed E-state index contributed by atoms with van der Waals surface area (Å²) in [6.07, 6.45) is 4.78. The Morgan fingerprint density at radius 3 is 2.56 bits per heavy atom. The van der Waals surface area contributed by atoms with Crippen LogP contribution in [0.5, 0.6) is 0 Å². The Kier molecular flexibility index (Phi) is 6.31. The molecule has 2 aromatic carbocycles. The van der Waals surface area contributed by atoms with Crippen LogP contribution in [0.1, 0.15) is 23.2 Å². The molecule has 0 unspecified atom stereocenters. The van der Waals surface area contributed by atoms with E-state index >= 15 is 0 Å². The lowest BCUT2D eigenvalue weighted by Gasteiger charge is -2.17. The molecule has 0 spiro atoms. The molecule has 0 radical (unpaired) electrons. The van der Waals surface area contributed by atoms with E-state index in [1.54, 1.807) is 24.0 Å². The summed E-state index contributed by atoms with van der Waals surface area (Å²) < 4.78 is 56.8. The van der Waals surface area contributed by atoms with Gasteiger partial charge in [-0.1, -0.05) is 0 Å². The normalized spacial score (nSPS) is 14.6. The summed E-state index contributed by atoms with van der Waals surface area (Å²) in [5.41, 5.74) is 0.137. The average molecular weight is 479 g/mol. The lowest BCUT2D eigenvalue weighted by molar-refractivity contribution is 0.102. The van der Waals surface area contributed by atoms with Gasteiger partial charge in [-0.3, -0.25) is 4.79 Å². The highest BCUT2D eigenvalue weighted by molar-refractivity contribution is 7.99. The number of nitrogens with one attached hydrogen (secondary N) is 1. The summed E-state index contributed by atoms with van der Waals surface area (Å²) in [5, 5.41) is 3.23. The first kappa shape index (κ1) is 22.4. The zero-order chi connectivity index (χ0) is 22.9. The second kappa shape index (κ2) is 9.00. The van der Waals surface area contributed by atoms with Gasteiger partial charge in [0.15, 0.2) is 5.16 Å². The van der Waals surface area contributed by atoms with Gasteiger partial charge in [-0.05, 0) is 61.0 Å². The fourth-order valence-corrected chi connectivity index (χ4v) is 5.82. The van der Waals surface area contributed by atoms with Gasteiger partial charge in [0.1, 0.15) is 16.5 Å². The molecule has 1 aliphatic rings. The van der Waals surface area contributed by atoms with Gasteiger partial charge >= 0.3 is 0 Å². The van der Waals surface area contributed by atoms with E-state index in [9.17, 15) is 22.0 Å². The van der Waals surface area contributed by atoms with Crippen LogP contribution in [0.3, 0.4) is 0 Å². The van der Waals surface area contributed by atoms with E-state index in [0.717, 1.165) is 18.2 Å². The number of halogens is 2. The molecule has 2 heterocycles. The molecule has 1 fully saturated rings. The molecule has 7 nitrogen and oxygen atoms in total. The molecule has 0 atom stereocenters. The highest BCUT2D eigenvalue weighted by Crippen LogP contribution is 2.33. The molecule has 1 amide bonds. The standard InChI is InChI=1S/C21H20F2N4O3S2/c1-26-11-8-24-21(26)31-18-7-5-15(22)13-17(18)25-20(28)14-4-6-16(23)19(12-14)32(29,30)27-9-2-3-10-27/h4-8,11-13H,2-3,9-10H2,1H3,(H,25,28). The van der Waals surface area contributed by atoms with Crippen LogP contribution in [0.4, 0.5) is 14.5 Å². The predicted octanol–water partition coefficient (Wildman–Crippen LogP) is 3.89. The Hall–Kier alpha value is -2.76. The largest absolute Gasteiger partial charge is 0.329 e. The van der Waals surface area contributed by atoms with E-state index in [1.807, 2.05) is 0 Å². The number of nitrogens with zero attached hydrogens (tertiary/aromatic N) is 3. The number of aromatic nitrogens is 2. The molecule has 4 rings (SSSR count). The molecule has 11 heteroatoms. The maximum Gasteiger partial charge on any atom is 0.255 e. The van der Waals surface area contributed by atoms with Crippen LogP contribution >= 0.6 is 11.8 Å². The third kappa shape index (κ3) is 4.54. The quantitative estimate of drug-likeness (QED) is 0.581. The first-order valence-electron chi connectivity index (χ1n) is 9.81. The third-order valence-electron chi connectivity index (χ3n) is 5.04. The third-order valence-corrected chi connectivity index (χ3v) is 8.11. The zero-order valence-corrected chi connectivity index (χ0v) is 18.7. The molecule has 168 valence electrons. The second-order valence-electron chi connectivity index (χ2n) is 7.27. The van der Waals surface area contributed by atoms with Gasteiger partial charge in [0, 0.05) is 43.0 Å². The highest BCUT2D eigenvalue weighted by atomic mass is 32.2. The molecule has 32 heavy (non-hydrogen) atoms. The van der Waals surface area contributed by atoms with Gasteiger partial charge in [0.05, 0.1) is 5.69 Å². The van der Waals surface area contributed by atoms with E-state index in [4.69, 9.17) is 0 Å². The van der Waals surface area contributed by atoms with Crippen molar-refractivity contribution in [3.05, 3.63) is 66.0 Å². The Labute approximate surface area is 188 Å². The van der Waals surface area contributed by atoms with Gasteiger partial charge in [-0.15, -0.1) is 0 Å². The number of carbonyl (C=O) groups is 1. The Morgan fingerprint density at radius 2 is 1.88 bits per heavy atom. The van der Waals surface area contributed by atoms with Crippen molar-refractivity contribution >= 4 is 33.4 Å². The summed E-state index contributed by atoms with van der Waals surface area (Å²) in [6, 6.07) is 7.10. The Morgan fingerprint density at radius 1 is 1.12 bits per heavy atom. The van der Waals surface area contributed by atoms with Crippen LogP contribution < -0.4 is 5.32 Å². The van der Waals surface area contributed by atoms with E-state index in [2.05, 4.69) is 10.3 Å². The number of rotatable bonds is 6. The van der Waals surface area contributed by atoms with Crippen LogP contribution in [0.2, 0.25) is 0 Å². The molecule has 1 aliphatic heterocycles. The number of benzene rings is 2. The molecular weight excluding hydrogens is 458 g/mol. The Bertz CT molecular complexity index is 1270. The number of amides is 1. The van der Waals surface area contributed by atoms with Crippen LogP contribution in [0, 0.1) is 11.6 Å². The van der Waals surface area contributed by atoms with Crippen molar-refractivity contribution in [2.45, 2.75) is 27.8 Å². The number of aryl methyl sites for hydroxylation is 1. The minimum absolute atomic E-state index is 0.0543. The van der Waals surface area contributed by atoms with Crippen molar-refractivity contribution in [3.63, 3.8) is 0 Å². The molecule has 0 aliphatic carbocycles. The van der Waals surface area contributed by atoms with Crippen molar-refractivity contribution in [3.8, 4) is 0 Å². The molecule has 0 saturated carbocycles. The minimum atomic E-state index is -4.05. The van der Waals surface area contributed by atoms with E-state index in [1.165, 1.54) is 34.3 Å². The smallest absolute Gasteiger partial charge is 0.255 e. The lowest BCUT2D eigenvalue weighted by atomic mass is 10.2. The van der Waals surface area contributed by atoms with Crippen molar-refractivity contribution in [1.29, 1.82) is 0 Å². The van der Waals surface area contributed by atoms with Crippen molar-refractivity contribution in [2.24, 2.45) is 7.05 Å². The number of hydrogen-bond acceptors (Lipinski definition) is 5. The van der Waals surface area contributed by atoms with Crippen molar-refractivity contribution in [2.75, 3.05) is 18.4 Å². The van der Waals surface area contributed by atoms with Gasteiger partial charge in [0.2, 0.25) is 10.0 Å². The number of carbonyl (C=O) groups excluding carboxylic acids is 1. The summed E-state index contributed by atoms with van der Waals surface area (Å²) in [6.45, 7) is 0.629. The number of imidazole rings is 1. The maximum atomic E-state index is 14.4. The average Bonchev–Trinajstić information content (AvgIpc) is 3.43. The lowest BCUT2D eigenvalue weighted by Crippen LogP contribution is -2.29. The number of hydrogen-bond donors (Lipinski definition) is 1. The fraction of sp³-hybridized carbons (Fsp3) is 0.238. The van der Waals surface area contributed by atoms with E-state index in [-0.39, 0.29) is 11.3 Å². The predicted molar refractivity (Wildman–Crippen MR) is 116 cm³/mol. The Balaban J connectivity index is 1.62. The molecule has 1 aromatic heterocycles. The van der Waals surface area contributed by atoms with Gasteiger partial charge in [-0.2, -0.15) is 4.31 Å². The van der Waals surface area contributed by atoms with Crippen LogP contribution in [0.25, 0.3) is 0 Å². The summed E-state index contributed by atoms with van der Waals surface area (Å²) >= 11 is 1.23. The molecule has 3 aromatic rings. The van der Waals surface area contributed by atoms with E-state index < -0.39 is 32.5 Å². The summed E-state index contributed by atoms with van der Waals surface area (Å²) in [4.78, 5) is 17.1. The van der Waals surface area contributed by atoms with Crippen LogP contribution in [-0.4, -0.2) is 41.3 Å². The first-order valence-corrected chi connectivity index (χ1v) is 12.1. The monoisotopic (exact) mass is 478 g/mol. The van der Waals surface area contributed by atoms with Gasteiger partial charge < -0.3 is 9.88 Å². The zero-order valence-electron chi connectivity index (χ0n) is 17.1.